The molecule has 1 aliphatic heterocycles. The van der Waals surface area contributed by atoms with Crippen LogP contribution in [0.2, 0.25) is 0 Å². The normalized spacial score (nSPS) is 14.7. The van der Waals surface area contributed by atoms with E-state index in [1.54, 1.807) is 42.6 Å². The van der Waals surface area contributed by atoms with E-state index in [0.717, 1.165) is 11.1 Å². The van der Waals surface area contributed by atoms with Gasteiger partial charge in [-0.1, -0.05) is 0 Å². The molecule has 3 rings (SSSR count). The monoisotopic (exact) mass is 343 g/mol. The third-order valence-electron chi connectivity index (χ3n) is 4.16. The number of aromatic hydroxyl groups is 1. The summed E-state index contributed by atoms with van der Waals surface area (Å²) in [6, 6.07) is 6.35. The van der Waals surface area contributed by atoms with E-state index < -0.39 is 0 Å². The summed E-state index contributed by atoms with van der Waals surface area (Å²) in [5, 5.41) is 12.5. The summed E-state index contributed by atoms with van der Waals surface area (Å²) in [6.07, 6.45) is 3.30. The van der Waals surface area contributed by atoms with E-state index in [-0.39, 0.29) is 17.8 Å². The van der Waals surface area contributed by atoms with Gasteiger partial charge >= 0.3 is 6.03 Å². The van der Waals surface area contributed by atoms with Crippen LogP contribution >= 0.6 is 0 Å². The number of phenols is 1. The van der Waals surface area contributed by atoms with Gasteiger partial charge < -0.3 is 24.8 Å². The molecule has 1 aliphatic rings. The van der Waals surface area contributed by atoms with Crippen LogP contribution in [0.25, 0.3) is 0 Å². The van der Waals surface area contributed by atoms with Gasteiger partial charge in [-0.2, -0.15) is 0 Å². The highest BCUT2D eigenvalue weighted by Gasteiger charge is 2.22. The first kappa shape index (κ1) is 16.9. The second kappa shape index (κ2) is 7.29. The van der Waals surface area contributed by atoms with Gasteiger partial charge in [-0.15, -0.1) is 0 Å². The molecule has 7 heteroatoms. The zero-order valence-electron chi connectivity index (χ0n) is 14.2. The standard InChI is InChI=1S/C18H21N3O4/c1-12(15-5-6-19-10-17(15)24-2)20-18(23)21-7-8-25-16-9-14(22)4-3-13(16)11-21/h3-6,9-10,12,22H,7-8,11H2,1-2H3,(H,20,23)/t12-/m0/s1. The van der Waals surface area contributed by atoms with Crippen molar-refractivity contribution >= 4 is 6.03 Å². The molecule has 7 nitrogen and oxygen atoms in total. The Kier molecular flexibility index (Phi) is 4.92. The Morgan fingerprint density at radius 2 is 2.28 bits per heavy atom. The maximum Gasteiger partial charge on any atom is 0.318 e. The van der Waals surface area contributed by atoms with Gasteiger partial charge in [-0.05, 0) is 25.1 Å². The van der Waals surface area contributed by atoms with E-state index in [1.165, 1.54) is 0 Å². The Bertz CT molecular complexity index is 766. The molecule has 0 spiro atoms. The van der Waals surface area contributed by atoms with E-state index in [4.69, 9.17) is 9.47 Å². The summed E-state index contributed by atoms with van der Waals surface area (Å²) in [6.45, 7) is 3.15. The van der Waals surface area contributed by atoms with Gasteiger partial charge in [-0.25, -0.2) is 4.79 Å². The van der Waals surface area contributed by atoms with Crippen molar-refractivity contribution in [2.24, 2.45) is 0 Å². The van der Waals surface area contributed by atoms with Crippen LogP contribution < -0.4 is 14.8 Å². The quantitative estimate of drug-likeness (QED) is 0.894. The molecule has 1 aromatic heterocycles. The van der Waals surface area contributed by atoms with Crippen molar-refractivity contribution in [3.8, 4) is 17.2 Å². The van der Waals surface area contributed by atoms with Crippen LogP contribution in [0.1, 0.15) is 24.1 Å². The first-order valence-electron chi connectivity index (χ1n) is 8.06. The van der Waals surface area contributed by atoms with Crippen LogP contribution in [0.5, 0.6) is 17.2 Å². The number of urea groups is 1. The molecule has 0 saturated heterocycles. The number of carbonyl (C=O) groups is 1. The predicted octanol–water partition coefficient (Wildman–Crippen LogP) is 2.46. The Labute approximate surface area is 146 Å². The molecule has 2 N–H and O–H groups in total. The van der Waals surface area contributed by atoms with E-state index in [2.05, 4.69) is 10.3 Å². The number of nitrogens with zero attached hydrogens (tertiary/aromatic N) is 2. The maximum absolute atomic E-state index is 12.7. The van der Waals surface area contributed by atoms with E-state index in [9.17, 15) is 9.90 Å². The molecule has 0 fully saturated rings. The lowest BCUT2D eigenvalue weighted by Crippen LogP contribution is -2.41. The Morgan fingerprint density at radius 3 is 3.08 bits per heavy atom. The van der Waals surface area contributed by atoms with Crippen molar-refractivity contribution in [3.05, 3.63) is 47.8 Å². The second-order valence-corrected chi connectivity index (χ2v) is 5.85. The number of carbonyl (C=O) groups excluding carboxylic acids is 1. The summed E-state index contributed by atoms with van der Waals surface area (Å²) in [5.41, 5.74) is 1.72. The molecule has 132 valence electrons. The zero-order valence-corrected chi connectivity index (χ0v) is 14.2. The van der Waals surface area contributed by atoms with Gasteiger partial charge in [0, 0.05) is 23.4 Å². The third kappa shape index (κ3) is 3.76. The summed E-state index contributed by atoms with van der Waals surface area (Å²) in [5.74, 6) is 1.39. The summed E-state index contributed by atoms with van der Waals surface area (Å²) in [7, 11) is 1.58. The number of amides is 2. The Morgan fingerprint density at radius 1 is 1.44 bits per heavy atom. The number of phenolic OH excluding ortho intramolecular Hbond substituents is 1. The van der Waals surface area contributed by atoms with E-state index in [1.807, 2.05) is 13.0 Å². The molecule has 0 aliphatic carbocycles. The average molecular weight is 343 g/mol. The first-order valence-corrected chi connectivity index (χ1v) is 8.06. The van der Waals surface area contributed by atoms with Gasteiger partial charge in [-0.3, -0.25) is 4.98 Å². The van der Waals surface area contributed by atoms with Crippen molar-refractivity contribution in [1.29, 1.82) is 0 Å². The minimum atomic E-state index is -0.228. The molecule has 2 amide bonds. The van der Waals surface area contributed by atoms with Crippen molar-refractivity contribution in [2.75, 3.05) is 20.3 Å². The minimum absolute atomic E-state index is 0.148. The number of pyridine rings is 1. The third-order valence-corrected chi connectivity index (χ3v) is 4.16. The lowest BCUT2D eigenvalue weighted by atomic mass is 10.1. The molecule has 2 heterocycles. The highest BCUT2D eigenvalue weighted by atomic mass is 16.5. The molecule has 0 bridgehead atoms. The Hall–Kier alpha value is -2.96. The number of benzene rings is 1. The molecular formula is C18H21N3O4. The zero-order chi connectivity index (χ0) is 17.8. The molecule has 0 radical (unpaired) electrons. The average Bonchev–Trinajstić information content (AvgIpc) is 2.83. The van der Waals surface area contributed by atoms with Gasteiger partial charge in [0.1, 0.15) is 23.9 Å². The van der Waals surface area contributed by atoms with Gasteiger partial charge in [0.25, 0.3) is 0 Å². The SMILES string of the molecule is COc1cnccc1[C@H](C)NC(=O)N1CCOc2cc(O)ccc2C1. The fraction of sp³-hybridized carbons (Fsp3) is 0.333. The molecule has 1 aromatic carbocycles. The minimum Gasteiger partial charge on any atom is -0.508 e. The smallest absolute Gasteiger partial charge is 0.318 e. The van der Waals surface area contributed by atoms with Crippen molar-refractivity contribution < 1.29 is 19.4 Å². The highest BCUT2D eigenvalue weighted by molar-refractivity contribution is 5.75. The number of methoxy groups -OCH3 is 1. The second-order valence-electron chi connectivity index (χ2n) is 5.85. The van der Waals surface area contributed by atoms with Crippen LogP contribution in [0.4, 0.5) is 4.79 Å². The molecule has 25 heavy (non-hydrogen) atoms. The largest absolute Gasteiger partial charge is 0.508 e. The number of hydrogen-bond acceptors (Lipinski definition) is 5. The number of rotatable bonds is 3. The molecule has 1 atom stereocenters. The van der Waals surface area contributed by atoms with E-state index in [0.29, 0.717) is 31.2 Å². The number of nitrogens with one attached hydrogen (secondary N) is 1. The fourth-order valence-corrected chi connectivity index (χ4v) is 2.81. The van der Waals surface area contributed by atoms with E-state index >= 15 is 0 Å². The summed E-state index contributed by atoms with van der Waals surface area (Å²) >= 11 is 0. The summed E-state index contributed by atoms with van der Waals surface area (Å²) in [4.78, 5) is 18.4. The first-order chi connectivity index (χ1) is 12.1. The predicted molar refractivity (Wildman–Crippen MR) is 91.7 cm³/mol. The van der Waals surface area contributed by atoms with Gasteiger partial charge in [0.15, 0.2) is 0 Å². The van der Waals surface area contributed by atoms with Crippen molar-refractivity contribution in [1.82, 2.24) is 15.2 Å². The lowest BCUT2D eigenvalue weighted by molar-refractivity contribution is 0.184. The molecule has 0 unspecified atom stereocenters. The molecule has 2 aromatic rings. The van der Waals surface area contributed by atoms with Crippen LogP contribution in [-0.4, -0.2) is 41.3 Å². The van der Waals surface area contributed by atoms with Crippen LogP contribution in [0.3, 0.4) is 0 Å². The van der Waals surface area contributed by atoms with Crippen LogP contribution in [0, 0.1) is 0 Å². The van der Waals surface area contributed by atoms with Gasteiger partial charge in [0.2, 0.25) is 0 Å². The van der Waals surface area contributed by atoms with Crippen molar-refractivity contribution in [3.63, 3.8) is 0 Å². The fourth-order valence-electron chi connectivity index (χ4n) is 2.81. The highest BCUT2D eigenvalue weighted by Crippen LogP contribution is 2.28. The number of aromatic nitrogens is 1. The molecular weight excluding hydrogens is 322 g/mol. The van der Waals surface area contributed by atoms with Gasteiger partial charge in [0.05, 0.1) is 32.4 Å². The number of ether oxygens (including phenoxy) is 2. The Balaban J connectivity index is 1.71. The topological polar surface area (TPSA) is 83.9 Å². The van der Waals surface area contributed by atoms with Crippen LogP contribution in [-0.2, 0) is 6.54 Å². The maximum atomic E-state index is 12.7. The van der Waals surface area contributed by atoms with Crippen molar-refractivity contribution in [2.45, 2.75) is 19.5 Å². The number of hydrogen-bond donors (Lipinski definition) is 2. The van der Waals surface area contributed by atoms with Crippen LogP contribution in [0.15, 0.2) is 36.7 Å². The molecule has 0 saturated carbocycles. The summed E-state index contributed by atoms with van der Waals surface area (Å²) < 4.78 is 10.9. The number of fused-ring (bicyclic) bond motifs is 1. The lowest BCUT2D eigenvalue weighted by Gasteiger charge is -2.24.